The molecular weight excluding hydrogens is 268 g/mol. The zero-order valence-electron chi connectivity index (χ0n) is 13.8. The predicted molar refractivity (Wildman–Crippen MR) is 92.4 cm³/mol. The van der Waals surface area contributed by atoms with Gasteiger partial charge in [-0.3, -0.25) is 4.79 Å². The first-order valence-electron chi connectivity index (χ1n) is 8.48. The molecule has 120 valence electrons. The molecule has 0 atom stereocenters. The van der Waals surface area contributed by atoms with E-state index in [4.69, 9.17) is 11.6 Å². The maximum Gasteiger partial charge on any atom is 0.221 e. The largest absolute Gasteiger partial charge is 0.281 e. The van der Waals surface area contributed by atoms with Gasteiger partial charge in [-0.15, -0.1) is 6.58 Å². The minimum atomic E-state index is -0.198. The van der Waals surface area contributed by atoms with Gasteiger partial charge in [0, 0.05) is 6.42 Å². The van der Waals surface area contributed by atoms with E-state index in [0.29, 0.717) is 6.42 Å². The fourth-order valence-electron chi connectivity index (χ4n) is 1.94. The van der Waals surface area contributed by atoms with Crippen molar-refractivity contribution >= 4 is 16.8 Å². The SMILES string of the molecule is C=CCCCCCCCC.CCCCCCCC(=O)Cl. The fraction of sp³-hybridized carbons (Fsp3) is 0.833. The number of halogens is 1. The van der Waals surface area contributed by atoms with Gasteiger partial charge in [-0.1, -0.05) is 77.7 Å². The van der Waals surface area contributed by atoms with Gasteiger partial charge in [0.15, 0.2) is 0 Å². The molecule has 0 radical (unpaired) electrons. The lowest BCUT2D eigenvalue weighted by molar-refractivity contribution is -0.111. The van der Waals surface area contributed by atoms with E-state index in [2.05, 4.69) is 20.4 Å². The average Bonchev–Trinajstić information content (AvgIpc) is 2.43. The number of rotatable bonds is 13. The maximum absolute atomic E-state index is 10.2. The highest BCUT2D eigenvalue weighted by Crippen LogP contribution is 2.06. The van der Waals surface area contributed by atoms with Gasteiger partial charge in [-0.25, -0.2) is 0 Å². The van der Waals surface area contributed by atoms with Gasteiger partial charge in [0.1, 0.15) is 0 Å². The molecule has 20 heavy (non-hydrogen) atoms. The van der Waals surface area contributed by atoms with E-state index in [0.717, 1.165) is 12.8 Å². The maximum atomic E-state index is 10.2. The van der Waals surface area contributed by atoms with E-state index in [-0.39, 0.29) is 5.24 Å². The van der Waals surface area contributed by atoms with Crippen molar-refractivity contribution < 1.29 is 4.79 Å². The molecule has 0 N–H and O–H groups in total. The molecule has 0 unspecified atom stereocenters. The Kier molecular flexibility index (Phi) is 23.1. The molecule has 0 aliphatic heterocycles. The Balaban J connectivity index is 0. The van der Waals surface area contributed by atoms with Crippen molar-refractivity contribution in [3.63, 3.8) is 0 Å². The molecule has 0 saturated heterocycles. The van der Waals surface area contributed by atoms with Crippen molar-refractivity contribution in [1.82, 2.24) is 0 Å². The molecule has 2 heteroatoms. The third-order valence-corrected chi connectivity index (χ3v) is 3.43. The van der Waals surface area contributed by atoms with E-state index in [9.17, 15) is 4.79 Å². The lowest BCUT2D eigenvalue weighted by atomic mass is 10.1. The second kappa shape index (κ2) is 21.0. The summed E-state index contributed by atoms with van der Waals surface area (Å²) in [5, 5.41) is -0.198. The number of carbonyl (C=O) groups is 1. The Morgan fingerprint density at radius 1 is 0.850 bits per heavy atom. The van der Waals surface area contributed by atoms with Crippen LogP contribution in [0.4, 0.5) is 0 Å². The van der Waals surface area contributed by atoms with Crippen molar-refractivity contribution in [2.24, 2.45) is 0 Å². The van der Waals surface area contributed by atoms with Gasteiger partial charge in [0.05, 0.1) is 0 Å². The van der Waals surface area contributed by atoms with Gasteiger partial charge < -0.3 is 0 Å². The van der Waals surface area contributed by atoms with Crippen LogP contribution in [0.15, 0.2) is 12.7 Å². The molecule has 0 aromatic carbocycles. The molecule has 0 aliphatic carbocycles. The van der Waals surface area contributed by atoms with Gasteiger partial charge in [-0.2, -0.15) is 0 Å². The molecule has 0 rings (SSSR count). The Morgan fingerprint density at radius 3 is 1.75 bits per heavy atom. The fourth-order valence-corrected chi connectivity index (χ4v) is 2.07. The van der Waals surface area contributed by atoms with Crippen LogP contribution in [-0.2, 0) is 4.79 Å². The summed E-state index contributed by atoms with van der Waals surface area (Å²) in [6.07, 6.45) is 18.0. The average molecular weight is 303 g/mol. The Bertz CT molecular complexity index is 202. The summed E-state index contributed by atoms with van der Waals surface area (Å²) in [5.41, 5.74) is 0. The molecule has 0 fully saturated rings. The number of hydrogen-bond acceptors (Lipinski definition) is 1. The first-order chi connectivity index (χ1) is 9.68. The van der Waals surface area contributed by atoms with Gasteiger partial charge >= 0.3 is 0 Å². The van der Waals surface area contributed by atoms with Crippen LogP contribution in [0.2, 0.25) is 0 Å². The highest BCUT2D eigenvalue weighted by atomic mass is 35.5. The van der Waals surface area contributed by atoms with E-state index >= 15 is 0 Å². The smallest absolute Gasteiger partial charge is 0.221 e. The van der Waals surface area contributed by atoms with Crippen molar-refractivity contribution in [2.45, 2.75) is 97.3 Å². The van der Waals surface area contributed by atoms with Gasteiger partial charge in [-0.05, 0) is 30.9 Å². The summed E-state index contributed by atoms with van der Waals surface area (Å²) in [6.45, 7) is 8.12. The van der Waals surface area contributed by atoms with E-state index in [1.54, 1.807) is 0 Å². The lowest BCUT2D eigenvalue weighted by Gasteiger charge is -1.96. The molecule has 0 heterocycles. The van der Waals surface area contributed by atoms with Crippen molar-refractivity contribution in [3.05, 3.63) is 12.7 Å². The summed E-state index contributed by atoms with van der Waals surface area (Å²) in [5.74, 6) is 0. The van der Waals surface area contributed by atoms with E-state index in [1.165, 1.54) is 64.2 Å². The molecule has 0 saturated carbocycles. The summed E-state index contributed by atoms with van der Waals surface area (Å²) in [4.78, 5) is 10.2. The van der Waals surface area contributed by atoms with Crippen LogP contribution in [0, 0.1) is 0 Å². The van der Waals surface area contributed by atoms with Gasteiger partial charge in [0.2, 0.25) is 5.24 Å². The number of allylic oxidation sites excluding steroid dienone is 1. The highest BCUT2D eigenvalue weighted by Gasteiger charge is 1.94. The van der Waals surface area contributed by atoms with Crippen molar-refractivity contribution in [2.75, 3.05) is 0 Å². The standard InChI is InChI=1S/C10H20.C8H15ClO/c1-3-5-7-9-10-8-6-4-2;1-2-3-4-5-6-7-8(9)10/h3H,1,4-10H2,2H3;2-7H2,1H3. The zero-order chi connectivity index (χ0) is 15.5. The molecule has 0 amide bonds. The summed E-state index contributed by atoms with van der Waals surface area (Å²) < 4.78 is 0. The zero-order valence-corrected chi connectivity index (χ0v) is 14.5. The minimum Gasteiger partial charge on any atom is -0.281 e. The monoisotopic (exact) mass is 302 g/mol. The third kappa shape index (κ3) is 26.3. The molecular formula is C18H35ClO. The van der Waals surface area contributed by atoms with Gasteiger partial charge in [0.25, 0.3) is 0 Å². The van der Waals surface area contributed by atoms with Crippen LogP contribution in [0.3, 0.4) is 0 Å². The van der Waals surface area contributed by atoms with Crippen LogP contribution in [-0.4, -0.2) is 5.24 Å². The third-order valence-electron chi connectivity index (χ3n) is 3.24. The van der Waals surface area contributed by atoms with Crippen LogP contribution >= 0.6 is 11.6 Å². The quantitative estimate of drug-likeness (QED) is 0.203. The highest BCUT2D eigenvalue weighted by molar-refractivity contribution is 6.63. The topological polar surface area (TPSA) is 17.1 Å². The molecule has 0 aromatic heterocycles. The second-order valence-electron chi connectivity index (χ2n) is 5.36. The summed E-state index contributed by atoms with van der Waals surface area (Å²) in [7, 11) is 0. The van der Waals surface area contributed by atoms with Crippen molar-refractivity contribution in [1.29, 1.82) is 0 Å². The first-order valence-corrected chi connectivity index (χ1v) is 8.86. The molecule has 0 bridgehead atoms. The lowest BCUT2D eigenvalue weighted by Crippen LogP contribution is -1.85. The van der Waals surface area contributed by atoms with Crippen LogP contribution < -0.4 is 0 Å². The molecule has 1 nitrogen and oxygen atoms in total. The van der Waals surface area contributed by atoms with E-state index in [1.807, 2.05) is 6.08 Å². The Hall–Kier alpha value is -0.300. The minimum absolute atomic E-state index is 0.198. The summed E-state index contributed by atoms with van der Waals surface area (Å²) in [6, 6.07) is 0. The van der Waals surface area contributed by atoms with Crippen LogP contribution in [0.1, 0.15) is 97.3 Å². The first kappa shape index (κ1) is 22.0. The molecule has 0 aliphatic rings. The van der Waals surface area contributed by atoms with Crippen LogP contribution in [0.5, 0.6) is 0 Å². The van der Waals surface area contributed by atoms with Crippen molar-refractivity contribution in [3.8, 4) is 0 Å². The Morgan fingerprint density at radius 2 is 1.30 bits per heavy atom. The molecule has 0 aromatic rings. The second-order valence-corrected chi connectivity index (χ2v) is 5.79. The van der Waals surface area contributed by atoms with Crippen LogP contribution in [0.25, 0.3) is 0 Å². The molecule has 0 spiro atoms. The number of hydrogen-bond donors (Lipinski definition) is 0. The summed E-state index contributed by atoms with van der Waals surface area (Å²) >= 11 is 5.15. The number of unbranched alkanes of at least 4 members (excludes halogenated alkanes) is 10. The Labute approximate surface area is 132 Å². The number of carbonyl (C=O) groups excluding carboxylic acids is 1. The van der Waals surface area contributed by atoms with E-state index < -0.39 is 0 Å². The normalized spacial score (nSPS) is 9.75. The predicted octanol–water partition coefficient (Wildman–Crippen LogP) is 7.04.